The number of piperidine rings is 2. The second-order valence-corrected chi connectivity index (χ2v) is 5.06. The van der Waals surface area contributed by atoms with Crippen molar-refractivity contribution in [1.82, 2.24) is 9.80 Å². The van der Waals surface area contributed by atoms with E-state index in [0.717, 1.165) is 13.1 Å². The van der Waals surface area contributed by atoms with Gasteiger partial charge in [-0.15, -0.1) is 0 Å². The van der Waals surface area contributed by atoms with Gasteiger partial charge in [-0.2, -0.15) is 0 Å². The van der Waals surface area contributed by atoms with E-state index < -0.39 is 0 Å². The number of amides is 1. The predicted octanol–water partition coefficient (Wildman–Crippen LogP) is 2.51. The van der Waals surface area contributed by atoms with Crippen LogP contribution >= 0.6 is 0 Å². The Labute approximate surface area is 106 Å². The number of hydrogen-bond donors (Lipinski definition) is 0. The highest BCUT2D eigenvalue weighted by Crippen LogP contribution is 2.08. The fraction of sp³-hybridized carbons (Fsp3) is 0.929. The van der Waals surface area contributed by atoms with Crippen molar-refractivity contribution in [2.45, 2.75) is 52.4 Å². The third kappa shape index (κ3) is 6.06. The highest BCUT2D eigenvalue weighted by Gasteiger charge is 2.11. The number of likely N-dealkylation sites (tertiary alicyclic amines) is 2. The molecule has 100 valence electrons. The van der Waals surface area contributed by atoms with Gasteiger partial charge in [0.05, 0.1) is 0 Å². The number of hydrogen-bond acceptors (Lipinski definition) is 2. The fourth-order valence-electron chi connectivity index (χ4n) is 2.48. The molecule has 1 amide bonds. The number of rotatable bonds is 1. The van der Waals surface area contributed by atoms with E-state index in [0.29, 0.717) is 0 Å². The minimum atomic E-state index is 0.231. The molecule has 0 N–H and O–H groups in total. The first-order valence-electron chi connectivity index (χ1n) is 7.22. The standard InChI is InChI=1S/C7H13NO.C7H15N/c1-7(9)8-5-3-2-4-6-8;1-2-8-6-4-3-5-7-8/h2-6H2,1H3;2-7H2,1H3. The molecule has 0 aromatic carbocycles. The van der Waals surface area contributed by atoms with E-state index in [2.05, 4.69) is 11.8 Å². The molecular weight excluding hydrogens is 212 g/mol. The monoisotopic (exact) mass is 240 g/mol. The average molecular weight is 240 g/mol. The molecular formula is C14H28N2O. The molecule has 2 rings (SSSR count). The molecule has 2 fully saturated rings. The Morgan fingerprint density at radius 1 is 0.882 bits per heavy atom. The molecule has 0 aromatic rings. The summed E-state index contributed by atoms with van der Waals surface area (Å²) in [4.78, 5) is 15.2. The molecule has 3 heteroatoms. The average Bonchev–Trinajstić information content (AvgIpc) is 2.41. The second kappa shape index (κ2) is 8.51. The summed E-state index contributed by atoms with van der Waals surface area (Å²) in [6, 6.07) is 0. The molecule has 0 bridgehead atoms. The maximum absolute atomic E-state index is 10.7. The lowest BCUT2D eigenvalue weighted by Gasteiger charge is -2.24. The normalized spacial score (nSPS) is 21.6. The smallest absolute Gasteiger partial charge is 0.219 e. The van der Waals surface area contributed by atoms with Gasteiger partial charge in [-0.3, -0.25) is 4.79 Å². The van der Waals surface area contributed by atoms with Crippen molar-refractivity contribution >= 4 is 5.91 Å². The van der Waals surface area contributed by atoms with Crippen LogP contribution in [0.25, 0.3) is 0 Å². The van der Waals surface area contributed by atoms with Crippen molar-refractivity contribution in [3.8, 4) is 0 Å². The SMILES string of the molecule is CC(=O)N1CCCCC1.CCN1CCCCC1. The van der Waals surface area contributed by atoms with Gasteiger partial charge in [0.2, 0.25) is 5.91 Å². The third-order valence-electron chi connectivity index (χ3n) is 3.70. The Bertz CT molecular complexity index is 206. The molecule has 0 aromatic heterocycles. The fourth-order valence-corrected chi connectivity index (χ4v) is 2.48. The van der Waals surface area contributed by atoms with Gasteiger partial charge in [-0.25, -0.2) is 0 Å². The summed E-state index contributed by atoms with van der Waals surface area (Å²) < 4.78 is 0. The number of carbonyl (C=O) groups excluding carboxylic acids is 1. The van der Waals surface area contributed by atoms with E-state index in [4.69, 9.17) is 0 Å². The summed E-state index contributed by atoms with van der Waals surface area (Å²) in [5.41, 5.74) is 0. The lowest BCUT2D eigenvalue weighted by Crippen LogP contribution is -2.33. The lowest BCUT2D eigenvalue weighted by molar-refractivity contribution is -0.129. The molecule has 0 radical (unpaired) electrons. The molecule has 0 saturated carbocycles. The van der Waals surface area contributed by atoms with Crippen LogP contribution in [0.4, 0.5) is 0 Å². The Hall–Kier alpha value is -0.570. The predicted molar refractivity (Wildman–Crippen MR) is 72.1 cm³/mol. The van der Waals surface area contributed by atoms with E-state index in [9.17, 15) is 4.79 Å². The third-order valence-corrected chi connectivity index (χ3v) is 3.70. The van der Waals surface area contributed by atoms with E-state index >= 15 is 0 Å². The highest BCUT2D eigenvalue weighted by atomic mass is 16.2. The summed E-state index contributed by atoms with van der Waals surface area (Å²) >= 11 is 0. The number of nitrogens with zero attached hydrogens (tertiary/aromatic N) is 2. The molecule has 17 heavy (non-hydrogen) atoms. The van der Waals surface area contributed by atoms with E-state index in [1.54, 1.807) is 6.92 Å². The molecule has 2 saturated heterocycles. The Balaban J connectivity index is 0.000000171. The highest BCUT2D eigenvalue weighted by molar-refractivity contribution is 5.73. The van der Waals surface area contributed by atoms with Crippen LogP contribution in [0.2, 0.25) is 0 Å². The molecule has 0 unspecified atom stereocenters. The van der Waals surface area contributed by atoms with Crippen LogP contribution in [0.15, 0.2) is 0 Å². The first-order chi connectivity index (χ1) is 8.24. The van der Waals surface area contributed by atoms with Gasteiger partial charge in [0.15, 0.2) is 0 Å². The minimum Gasteiger partial charge on any atom is -0.343 e. The van der Waals surface area contributed by atoms with Crippen molar-refractivity contribution in [3.05, 3.63) is 0 Å². The largest absolute Gasteiger partial charge is 0.343 e. The topological polar surface area (TPSA) is 23.6 Å². The first-order valence-corrected chi connectivity index (χ1v) is 7.22. The van der Waals surface area contributed by atoms with Crippen molar-refractivity contribution in [3.63, 3.8) is 0 Å². The van der Waals surface area contributed by atoms with Gasteiger partial charge in [0, 0.05) is 20.0 Å². The Kier molecular flexibility index (Phi) is 7.25. The van der Waals surface area contributed by atoms with Gasteiger partial charge < -0.3 is 9.80 Å². The Morgan fingerprint density at radius 2 is 1.35 bits per heavy atom. The Morgan fingerprint density at radius 3 is 1.65 bits per heavy atom. The zero-order valence-electron chi connectivity index (χ0n) is 11.6. The van der Waals surface area contributed by atoms with Gasteiger partial charge >= 0.3 is 0 Å². The van der Waals surface area contributed by atoms with Gasteiger partial charge in [0.1, 0.15) is 0 Å². The van der Waals surface area contributed by atoms with Crippen LogP contribution < -0.4 is 0 Å². The van der Waals surface area contributed by atoms with Crippen molar-refractivity contribution in [2.75, 3.05) is 32.7 Å². The molecule has 2 aliphatic rings. The number of carbonyl (C=O) groups is 1. The molecule has 2 aliphatic heterocycles. The summed E-state index contributed by atoms with van der Waals surface area (Å²) in [6.07, 6.45) is 7.99. The molecule has 0 atom stereocenters. The zero-order valence-corrected chi connectivity index (χ0v) is 11.6. The summed E-state index contributed by atoms with van der Waals surface area (Å²) in [7, 11) is 0. The molecule has 0 aliphatic carbocycles. The van der Waals surface area contributed by atoms with Crippen LogP contribution in [0, 0.1) is 0 Å². The zero-order chi connectivity index (χ0) is 12.5. The van der Waals surface area contributed by atoms with Crippen LogP contribution in [-0.2, 0) is 4.79 Å². The van der Waals surface area contributed by atoms with Crippen LogP contribution in [-0.4, -0.2) is 48.4 Å². The van der Waals surface area contributed by atoms with Gasteiger partial charge in [-0.05, 0) is 51.7 Å². The van der Waals surface area contributed by atoms with Crippen LogP contribution in [0.5, 0.6) is 0 Å². The maximum atomic E-state index is 10.7. The van der Waals surface area contributed by atoms with Crippen LogP contribution in [0.1, 0.15) is 52.4 Å². The van der Waals surface area contributed by atoms with Crippen molar-refractivity contribution < 1.29 is 4.79 Å². The molecule has 2 heterocycles. The summed E-state index contributed by atoms with van der Waals surface area (Å²) in [6.45, 7) is 9.79. The van der Waals surface area contributed by atoms with Crippen LogP contribution in [0.3, 0.4) is 0 Å². The van der Waals surface area contributed by atoms with Gasteiger partial charge in [0.25, 0.3) is 0 Å². The van der Waals surface area contributed by atoms with Crippen molar-refractivity contribution in [2.24, 2.45) is 0 Å². The maximum Gasteiger partial charge on any atom is 0.219 e. The van der Waals surface area contributed by atoms with E-state index in [1.807, 2.05) is 4.90 Å². The second-order valence-electron chi connectivity index (χ2n) is 5.06. The molecule has 0 spiro atoms. The summed E-state index contributed by atoms with van der Waals surface area (Å²) in [5, 5.41) is 0. The first kappa shape index (κ1) is 14.5. The molecule has 3 nitrogen and oxygen atoms in total. The van der Waals surface area contributed by atoms with E-state index in [-0.39, 0.29) is 5.91 Å². The minimum absolute atomic E-state index is 0.231. The quantitative estimate of drug-likeness (QED) is 0.703. The van der Waals surface area contributed by atoms with Gasteiger partial charge in [-0.1, -0.05) is 13.3 Å². The lowest BCUT2D eigenvalue weighted by atomic mass is 10.1. The summed E-state index contributed by atoms with van der Waals surface area (Å²) in [5.74, 6) is 0.231. The van der Waals surface area contributed by atoms with E-state index in [1.165, 1.54) is 58.2 Å². The van der Waals surface area contributed by atoms with Crippen molar-refractivity contribution in [1.29, 1.82) is 0 Å².